The van der Waals surface area contributed by atoms with Gasteiger partial charge >= 0.3 is 0 Å². The summed E-state index contributed by atoms with van der Waals surface area (Å²) in [6.07, 6.45) is 1.54. The van der Waals surface area contributed by atoms with Crippen molar-refractivity contribution in [1.29, 1.82) is 0 Å². The van der Waals surface area contributed by atoms with Crippen LogP contribution in [0.2, 0.25) is 0 Å². The number of aryl methyl sites for hydroxylation is 1. The quantitative estimate of drug-likeness (QED) is 0.266. The van der Waals surface area contributed by atoms with Crippen LogP contribution in [-0.2, 0) is 4.79 Å². The van der Waals surface area contributed by atoms with E-state index in [1.807, 2.05) is 31.2 Å². The van der Waals surface area contributed by atoms with E-state index in [-0.39, 0.29) is 5.82 Å². The maximum Gasteiger partial charge on any atom is 0.239 e. The number of aromatic amines is 1. The molecule has 6 nitrogen and oxygen atoms in total. The van der Waals surface area contributed by atoms with Crippen molar-refractivity contribution in [3.05, 3.63) is 96.2 Å². The zero-order valence-corrected chi connectivity index (χ0v) is 19.8. The van der Waals surface area contributed by atoms with Gasteiger partial charge in [-0.2, -0.15) is 0 Å². The molecule has 1 unspecified atom stereocenters. The summed E-state index contributed by atoms with van der Waals surface area (Å²) in [4.78, 5) is 29.8. The number of anilines is 1. The fraction of sp³-hybridized carbons (Fsp3) is 0.143. The lowest BCUT2D eigenvalue weighted by Crippen LogP contribution is -2.23. The lowest BCUT2D eigenvalue weighted by atomic mass is 9.95. The highest BCUT2D eigenvalue weighted by atomic mass is 19.3. The molecule has 0 radical (unpaired) electrons. The van der Waals surface area contributed by atoms with Crippen molar-refractivity contribution in [1.82, 2.24) is 19.9 Å². The molecule has 0 aliphatic carbocycles. The molecule has 0 fully saturated rings. The molecule has 0 aliphatic rings. The topological polar surface area (TPSA) is 83.6 Å². The molecular weight excluding hydrogens is 479 g/mol. The number of hydrogen-bond acceptors (Lipinski definition) is 4. The number of amides is 1. The molecule has 37 heavy (non-hydrogen) atoms. The molecule has 4 heterocycles. The molecular formula is C28H22F3N5O. The number of fused-ring (bicyclic) bond motifs is 1. The van der Waals surface area contributed by atoms with Gasteiger partial charge in [0.25, 0.3) is 0 Å². The van der Waals surface area contributed by atoms with Crippen LogP contribution in [0.4, 0.5) is 19.0 Å². The normalized spacial score (nSPS) is 12.1. The maximum absolute atomic E-state index is 13.4. The lowest BCUT2D eigenvalue weighted by Gasteiger charge is -2.17. The second-order valence-electron chi connectivity index (χ2n) is 8.59. The molecule has 5 rings (SSSR count). The third-order valence-electron chi connectivity index (χ3n) is 6.12. The minimum Gasteiger partial charge on any atom is -0.352 e. The van der Waals surface area contributed by atoms with Crippen LogP contribution in [0.15, 0.2) is 79.3 Å². The predicted molar refractivity (Wildman–Crippen MR) is 136 cm³/mol. The van der Waals surface area contributed by atoms with E-state index in [2.05, 4.69) is 25.3 Å². The summed E-state index contributed by atoms with van der Waals surface area (Å²) in [5.74, 6) is -2.15. The van der Waals surface area contributed by atoms with Gasteiger partial charge in [0, 0.05) is 30.6 Å². The molecule has 0 saturated heterocycles. The third kappa shape index (κ3) is 5.06. The van der Waals surface area contributed by atoms with E-state index in [4.69, 9.17) is 0 Å². The van der Waals surface area contributed by atoms with Gasteiger partial charge in [-0.05, 0) is 60.5 Å². The van der Waals surface area contributed by atoms with Crippen LogP contribution in [0, 0.1) is 12.7 Å². The Labute approximate surface area is 210 Å². The highest BCUT2D eigenvalue weighted by Crippen LogP contribution is 2.37. The minimum atomic E-state index is -2.72. The fourth-order valence-corrected chi connectivity index (χ4v) is 4.32. The lowest BCUT2D eigenvalue weighted by molar-refractivity contribution is -0.118. The summed E-state index contributed by atoms with van der Waals surface area (Å²) >= 11 is 0. The number of benzene rings is 1. The van der Waals surface area contributed by atoms with Crippen molar-refractivity contribution in [2.75, 3.05) is 5.32 Å². The Kier molecular flexibility index (Phi) is 6.68. The number of aromatic nitrogens is 4. The van der Waals surface area contributed by atoms with Gasteiger partial charge in [-0.15, -0.1) is 0 Å². The average molecular weight is 502 g/mol. The van der Waals surface area contributed by atoms with Gasteiger partial charge < -0.3 is 10.3 Å². The Hall–Kier alpha value is -4.53. The molecule has 1 amide bonds. The first-order chi connectivity index (χ1) is 17.9. The smallest absolute Gasteiger partial charge is 0.239 e. The number of alkyl halides is 2. The summed E-state index contributed by atoms with van der Waals surface area (Å²) in [5, 5.41) is 2.65. The van der Waals surface area contributed by atoms with Crippen molar-refractivity contribution in [3.8, 4) is 22.5 Å². The second kappa shape index (κ2) is 10.2. The van der Waals surface area contributed by atoms with Crippen LogP contribution in [0.1, 0.15) is 23.5 Å². The SMILES string of the molecule is Cc1ccnc2c(-c3ccccn3)c(-c3ccnc(NC(=O)C(CC(F)F)c4ccc(F)cc4)c3)[nH]c12. The first kappa shape index (κ1) is 24.2. The van der Waals surface area contributed by atoms with Crippen molar-refractivity contribution >= 4 is 22.8 Å². The molecule has 2 N–H and O–H groups in total. The van der Waals surface area contributed by atoms with Gasteiger partial charge in [-0.1, -0.05) is 18.2 Å². The number of rotatable bonds is 7. The Bertz CT molecular complexity index is 1550. The Morgan fingerprint density at radius 2 is 1.76 bits per heavy atom. The predicted octanol–water partition coefficient (Wildman–Crippen LogP) is 6.51. The van der Waals surface area contributed by atoms with E-state index in [1.54, 1.807) is 24.5 Å². The minimum absolute atomic E-state index is 0.194. The molecule has 1 atom stereocenters. The summed E-state index contributed by atoms with van der Waals surface area (Å²) in [5.41, 5.74) is 5.86. The zero-order valence-electron chi connectivity index (χ0n) is 19.8. The van der Waals surface area contributed by atoms with Crippen LogP contribution in [0.25, 0.3) is 33.5 Å². The van der Waals surface area contributed by atoms with Crippen LogP contribution in [0.3, 0.4) is 0 Å². The number of pyridine rings is 3. The van der Waals surface area contributed by atoms with E-state index >= 15 is 0 Å². The first-order valence-corrected chi connectivity index (χ1v) is 11.6. The summed E-state index contributed by atoms with van der Waals surface area (Å²) in [6, 6.07) is 15.9. The van der Waals surface area contributed by atoms with Crippen molar-refractivity contribution < 1.29 is 18.0 Å². The van der Waals surface area contributed by atoms with E-state index in [0.717, 1.165) is 45.7 Å². The molecule has 186 valence electrons. The Balaban J connectivity index is 1.52. The van der Waals surface area contributed by atoms with Crippen molar-refractivity contribution in [2.45, 2.75) is 25.7 Å². The number of carbonyl (C=O) groups is 1. The third-order valence-corrected chi connectivity index (χ3v) is 6.12. The first-order valence-electron chi connectivity index (χ1n) is 11.6. The molecule has 0 spiro atoms. The molecule has 0 saturated carbocycles. The van der Waals surface area contributed by atoms with Crippen molar-refractivity contribution in [2.24, 2.45) is 0 Å². The summed E-state index contributed by atoms with van der Waals surface area (Å²) < 4.78 is 39.9. The van der Waals surface area contributed by atoms with E-state index < -0.39 is 30.5 Å². The second-order valence-corrected chi connectivity index (χ2v) is 8.59. The summed E-state index contributed by atoms with van der Waals surface area (Å²) in [7, 11) is 0. The van der Waals surface area contributed by atoms with E-state index in [0.29, 0.717) is 11.1 Å². The number of H-pyrrole nitrogens is 1. The highest BCUT2D eigenvalue weighted by Gasteiger charge is 2.26. The number of hydrogen-bond donors (Lipinski definition) is 2. The highest BCUT2D eigenvalue weighted by molar-refractivity contribution is 6.02. The number of nitrogens with zero attached hydrogens (tertiary/aromatic N) is 3. The number of halogens is 3. The monoisotopic (exact) mass is 501 g/mol. The molecule has 0 bridgehead atoms. The van der Waals surface area contributed by atoms with Gasteiger partial charge in [0.05, 0.1) is 33.9 Å². The number of carbonyl (C=O) groups excluding carboxylic acids is 1. The van der Waals surface area contributed by atoms with Gasteiger partial charge in [-0.25, -0.2) is 18.2 Å². The van der Waals surface area contributed by atoms with E-state index in [1.165, 1.54) is 18.3 Å². The van der Waals surface area contributed by atoms with Crippen molar-refractivity contribution in [3.63, 3.8) is 0 Å². The van der Waals surface area contributed by atoms with Gasteiger partial charge in [0.1, 0.15) is 11.6 Å². The average Bonchev–Trinajstić information content (AvgIpc) is 3.29. The van der Waals surface area contributed by atoms with Crippen LogP contribution in [0.5, 0.6) is 0 Å². The molecule has 1 aromatic carbocycles. The number of nitrogens with one attached hydrogen (secondary N) is 2. The largest absolute Gasteiger partial charge is 0.352 e. The molecule has 4 aromatic heterocycles. The fourth-order valence-electron chi connectivity index (χ4n) is 4.32. The van der Waals surface area contributed by atoms with Crippen LogP contribution >= 0.6 is 0 Å². The van der Waals surface area contributed by atoms with Gasteiger partial charge in [-0.3, -0.25) is 14.8 Å². The van der Waals surface area contributed by atoms with Gasteiger partial charge in [0.2, 0.25) is 12.3 Å². The molecule has 9 heteroatoms. The van der Waals surface area contributed by atoms with Crippen LogP contribution in [-0.4, -0.2) is 32.3 Å². The molecule has 0 aliphatic heterocycles. The van der Waals surface area contributed by atoms with E-state index in [9.17, 15) is 18.0 Å². The Morgan fingerprint density at radius 3 is 2.49 bits per heavy atom. The summed E-state index contributed by atoms with van der Waals surface area (Å²) in [6.45, 7) is 1.98. The molecule has 5 aromatic rings. The maximum atomic E-state index is 13.4. The van der Waals surface area contributed by atoms with Crippen LogP contribution < -0.4 is 5.32 Å². The standard InChI is InChI=1S/C28H22F3N5O/c1-16-9-12-34-27-24(21-4-2-3-11-32-21)26(36-25(16)27)18-10-13-33-23(14-18)35-28(37)20(15-22(30)31)17-5-7-19(29)8-6-17/h2-14,20,22,36H,15H2,1H3,(H,33,35,37). The van der Waals surface area contributed by atoms with Gasteiger partial charge in [0.15, 0.2) is 0 Å². The Morgan fingerprint density at radius 1 is 0.973 bits per heavy atom. The zero-order chi connectivity index (χ0) is 25.9.